The summed E-state index contributed by atoms with van der Waals surface area (Å²) in [7, 11) is -3.88. The summed E-state index contributed by atoms with van der Waals surface area (Å²) >= 11 is 0. The molecule has 0 heterocycles. The van der Waals surface area contributed by atoms with Gasteiger partial charge < -0.3 is 0 Å². The smallest absolute Gasteiger partial charge is 0.234 e. The molecule has 0 amide bonds. The predicted octanol–water partition coefficient (Wildman–Crippen LogP) is 0.298. The van der Waals surface area contributed by atoms with Gasteiger partial charge in [-0.1, -0.05) is 30.3 Å². The summed E-state index contributed by atoms with van der Waals surface area (Å²) in [6.45, 7) is 0. The Hall–Kier alpha value is -1.63. The van der Waals surface area contributed by atoms with Crippen molar-refractivity contribution in [2.24, 2.45) is 0 Å². The molecule has 14 heavy (non-hydrogen) atoms. The van der Waals surface area contributed by atoms with Gasteiger partial charge in [0, 0.05) is 0 Å². The van der Waals surface area contributed by atoms with Gasteiger partial charge in [0.05, 0.1) is 5.75 Å². The molecule has 7 heteroatoms. The van der Waals surface area contributed by atoms with Crippen molar-refractivity contribution in [3.63, 3.8) is 0 Å². The van der Waals surface area contributed by atoms with Crippen molar-refractivity contribution in [1.29, 1.82) is 0 Å². The van der Waals surface area contributed by atoms with Crippen molar-refractivity contribution < 1.29 is 13.5 Å². The highest BCUT2D eigenvalue weighted by Crippen LogP contribution is 2.03. The zero-order valence-electron chi connectivity index (χ0n) is 7.08. The van der Waals surface area contributed by atoms with Crippen LogP contribution in [0, 0.1) is 10.1 Å². The van der Waals surface area contributed by atoms with E-state index in [0.717, 1.165) is 0 Å². The van der Waals surface area contributed by atoms with Crippen LogP contribution in [0.5, 0.6) is 0 Å². The summed E-state index contributed by atoms with van der Waals surface area (Å²) in [4.78, 5) is 11.2. The number of hydrogen-bond acceptors (Lipinski definition) is 4. The molecule has 1 aromatic rings. The molecule has 76 valence electrons. The Morgan fingerprint density at radius 1 is 1.29 bits per heavy atom. The van der Waals surface area contributed by atoms with Crippen LogP contribution < -0.4 is 4.83 Å². The molecule has 0 aromatic heterocycles. The molecule has 1 aromatic carbocycles. The topological polar surface area (TPSA) is 89.3 Å². The van der Waals surface area contributed by atoms with E-state index in [1.54, 1.807) is 30.3 Å². The molecule has 0 unspecified atom stereocenters. The fraction of sp³-hybridized carbons (Fsp3) is 0.143. The van der Waals surface area contributed by atoms with Crippen LogP contribution in [0.2, 0.25) is 0 Å². The van der Waals surface area contributed by atoms with Gasteiger partial charge in [-0.2, -0.15) is 0 Å². The number of nitro groups is 1. The quantitative estimate of drug-likeness (QED) is 0.579. The van der Waals surface area contributed by atoms with Crippen LogP contribution in [0.4, 0.5) is 0 Å². The lowest BCUT2D eigenvalue weighted by atomic mass is 10.2. The highest BCUT2D eigenvalue weighted by atomic mass is 32.2. The Kier molecular flexibility index (Phi) is 3.03. The SMILES string of the molecule is O=[N+]([O-])NS(=O)(=O)Cc1ccccc1. The monoisotopic (exact) mass is 216 g/mol. The minimum atomic E-state index is -3.88. The summed E-state index contributed by atoms with van der Waals surface area (Å²) in [5.41, 5.74) is 0.502. The van der Waals surface area contributed by atoms with Crippen LogP contribution in [0.1, 0.15) is 5.56 Å². The fourth-order valence-corrected chi connectivity index (χ4v) is 1.86. The molecule has 0 aliphatic rings. The Labute approximate surface area is 80.7 Å². The van der Waals surface area contributed by atoms with E-state index in [9.17, 15) is 18.5 Å². The number of benzene rings is 1. The maximum absolute atomic E-state index is 11.1. The Morgan fingerprint density at radius 3 is 2.36 bits per heavy atom. The summed E-state index contributed by atoms with van der Waals surface area (Å²) in [6.07, 6.45) is 0. The molecule has 1 N–H and O–H groups in total. The highest BCUT2D eigenvalue weighted by molar-refractivity contribution is 7.88. The van der Waals surface area contributed by atoms with Crippen LogP contribution in [-0.4, -0.2) is 13.5 Å². The molecular formula is C7H8N2O4S. The third-order valence-electron chi connectivity index (χ3n) is 1.41. The minimum Gasteiger partial charge on any atom is -0.234 e. The van der Waals surface area contributed by atoms with E-state index in [1.165, 1.54) is 4.83 Å². The normalized spacial score (nSPS) is 10.9. The van der Waals surface area contributed by atoms with E-state index in [-0.39, 0.29) is 0 Å². The zero-order chi connectivity index (χ0) is 10.6. The first-order chi connectivity index (χ1) is 6.49. The second-order valence-corrected chi connectivity index (χ2v) is 4.29. The molecule has 0 atom stereocenters. The van der Waals surface area contributed by atoms with Crippen molar-refractivity contribution in [1.82, 2.24) is 4.83 Å². The number of hydrogen-bond donors (Lipinski definition) is 1. The van der Waals surface area contributed by atoms with Crippen LogP contribution in [0.3, 0.4) is 0 Å². The van der Waals surface area contributed by atoms with Gasteiger partial charge in [0.25, 0.3) is 10.0 Å². The third-order valence-corrected chi connectivity index (χ3v) is 2.55. The van der Waals surface area contributed by atoms with Crippen LogP contribution in [0.25, 0.3) is 0 Å². The molecular weight excluding hydrogens is 208 g/mol. The van der Waals surface area contributed by atoms with E-state index in [0.29, 0.717) is 5.56 Å². The number of rotatable bonds is 4. The second kappa shape index (κ2) is 4.05. The highest BCUT2D eigenvalue weighted by Gasteiger charge is 2.15. The lowest BCUT2D eigenvalue weighted by molar-refractivity contribution is -0.518. The second-order valence-electron chi connectivity index (χ2n) is 2.59. The van der Waals surface area contributed by atoms with Gasteiger partial charge in [-0.25, -0.2) is 18.5 Å². The first-order valence-corrected chi connectivity index (χ1v) is 5.33. The largest absolute Gasteiger partial charge is 0.286 e. The van der Waals surface area contributed by atoms with E-state index in [2.05, 4.69) is 0 Å². The van der Waals surface area contributed by atoms with E-state index < -0.39 is 20.8 Å². The van der Waals surface area contributed by atoms with Gasteiger partial charge in [0.1, 0.15) is 0 Å². The van der Waals surface area contributed by atoms with Gasteiger partial charge in [0.15, 0.2) is 5.03 Å². The minimum absolute atomic E-state index is 0.394. The first kappa shape index (κ1) is 10.5. The number of nitrogens with one attached hydrogen (secondary N) is 1. The summed E-state index contributed by atoms with van der Waals surface area (Å²) in [5, 5.41) is 8.84. The summed E-state index contributed by atoms with van der Waals surface area (Å²) < 4.78 is 22.1. The van der Waals surface area contributed by atoms with Gasteiger partial charge in [0.2, 0.25) is 0 Å². The first-order valence-electron chi connectivity index (χ1n) is 3.68. The van der Waals surface area contributed by atoms with Crippen LogP contribution in [-0.2, 0) is 15.8 Å². The Bertz CT molecular complexity index is 415. The molecule has 0 spiro atoms. The Balaban J connectivity index is 2.74. The van der Waals surface area contributed by atoms with Crippen LogP contribution in [0.15, 0.2) is 30.3 Å². The molecule has 0 radical (unpaired) electrons. The van der Waals surface area contributed by atoms with Crippen molar-refractivity contribution in [2.45, 2.75) is 5.75 Å². The van der Waals surface area contributed by atoms with Crippen molar-refractivity contribution in [3.8, 4) is 0 Å². The standard InChI is InChI=1S/C7H8N2O4S/c10-9(11)8-14(12,13)6-7-4-2-1-3-5-7/h1-5,8H,6H2. The lowest BCUT2D eigenvalue weighted by Crippen LogP contribution is -2.30. The molecule has 1 rings (SSSR count). The third kappa shape index (κ3) is 3.40. The van der Waals surface area contributed by atoms with Crippen LogP contribution >= 0.6 is 0 Å². The van der Waals surface area contributed by atoms with Gasteiger partial charge >= 0.3 is 0 Å². The lowest BCUT2D eigenvalue weighted by Gasteiger charge is -2.00. The predicted molar refractivity (Wildman–Crippen MR) is 49.2 cm³/mol. The molecule has 0 saturated heterocycles. The van der Waals surface area contributed by atoms with Crippen molar-refractivity contribution in [2.75, 3.05) is 0 Å². The fourth-order valence-electron chi connectivity index (χ4n) is 0.939. The molecule has 0 saturated carbocycles. The van der Waals surface area contributed by atoms with Gasteiger partial charge in [-0.05, 0) is 10.4 Å². The molecule has 0 aliphatic heterocycles. The van der Waals surface area contributed by atoms with Gasteiger partial charge in [-0.3, -0.25) is 0 Å². The average Bonchev–Trinajstić information content (AvgIpc) is 2.02. The molecule has 0 aliphatic carbocycles. The summed E-state index contributed by atoms with van der Waals surface area (Å²) in [6, 6.07) is 8.23. The number of hydrazine groups is 1. The molecule has 0 fully saturated rings. The van der Waals surface area contributed by atoms with Crippen molar-refractivity contribution >= 4 is 10.0 Å². The van der Waals surface area contributed by atoms with Crippen molar-refractivity contribution in [3.05, 3.63) is 46.0 Å². The van der Waals surface area contributed by atoms with Gasteiger partial charge in [-0.15, -0.1) is 0 Å². The zero-order valence-corrected chi connectivity index (χ0v) is 7.90. The molecule has 0 bridgehead atoms. The van der Waals surface area contributed by atoms with E-state index >= 15 is 0 Å². The maximum Gasteiger partial charge on any atom is 0.286 e. The summed E-state index contributed by atoms with van der Waals surface area (Å²) in [5.74, 6) is -0.394. The molecule has 6 nitrogen and oxygen atoms in total. The maximum atomic E-state index is 11.1. The average molecular weight is 216 g/mol. The van der Waals surface area contributed by atoms with E-state index in [1.807, 2.05) is 0 Å². The van der Waals surface area contributed by atoms with E-state index in [4.69, 9.17) is 0 Å². The number of sulfonamides is 1. The number of nitrogens with zero attached hydrogens (tertiary/aromatic N) is 1. The Morgan fingerprint density at radius 2 is 1.86 bits per heavy atom.